The fourth-order valence-corrected chi connectivity index (χ4v) is 4.04. The van der Waals surface area contributed by atoms with Gasteiger partial charge in [0.15, 0.2) is 0 Å². The maximum atomic E-state index is 13.4. The normalized spacial score (nSPS) is 11.8. The van der Waals surface area contributed by atoms with Crippen LogP contribution in [0.15, 0.2) is 36.4 Å². The van der Waals surface area contributed by atoms with Crippen molar-refractivity contribution in [1.29, 1.82) is 0 Å². The summed E-state index contributed by atoms with van der Waals surface area (Å²) in [5.74, 6) is -0.423. The first-order chi connectivity index (χ1) is 14.8. The SMILES string of the molecule is CCCCNC(=O)[C@H](CC)N(Cc1c(Cl)cccc1Cl)C(=O)Cc1ccc(Cl)c(Cl)c1. The summed E-state index contributed by atoms with van der Waals surface area (Å²) in [7, 11) is 0. The van der Waals surface area contributed by atoms with Crippen molar-refractivity contribution in [3.63, 3.8) is 0 Å². The predicted octanol–water partition coefficient (Wildman–Crippen LogP) is 6.57. The molecule has 0 saturated heterocycles. The van der Waals surface area contributed by atoms with E-state index in [-0.39, 0.29) is 24.8 Å². The van der Waals surface area contributed by atoms with Gasteiger partial charge in [0.2, 0.25) is 11.8 Å². The van der Waals surface area contributed by atoms with E-state index in [0.29, 0.717) is 44.2 Å². The summed E-state index contributed by atoms with van der Waals surface area (Å²) < 4.78 is 0. The van der Waals surface area contributed by atoms with Gasteiger partial charge in [-0.25, -0.2) is 0 Å². The minimum absolute atomic E-state index is 0.0672. The molecule has 0 spiro atoms. The number of nitrogens with one attached hydrogen (secondary N) is 1. The second-order valence-electron chi connectivity index (χ2n) is 7.22. The maximum absolute atomic E-state index is 13.4. The number of hydrogen-bond donors (Lipinski definition) is 1. The van der Waals surface area contributed by atoms with E-state index in [1.165, 1.54) is 4.90 Å². The lowest BCUT2D eigenvalue weighted by Gasteiger charge is -2.31. The second-order valence-corrected chi connectivity index (χ2v) is 8.84. The van der Waals surface area contributed by atoms with Crippen molar-refractivity contribution in [1.82, 2.24) is 10.2 Å². The number of carbonyl (C=O) groups is 2. The zero-order valence-electron chi connectivity index (χ0n) is 17.6. The van der Waals surface area contributed by atoms with Crippen molar-refractivity contribution in [2.45, 2.75) is 52.1 Å². The Morgan fingerprint density at radius 2 is 1.65 bits per heavy atom. The van der Waals surface area contributed by atoms with E-state index >= 15 is 0 Å². The summed E-state index contributed by atoms with van der Waals surface area (Å²) in [6, 6.07) is 9.57. The van der Waals surface area contributed by atoms with E-state index in [2.05, 4.69) is 12.2 Å². The number of rotatable bonds is 10. The molecule has 0 aliphatic carbocycles. The summed E-state index contributed by atoms with van der Waals surface area (Å²) >= 11 is 24.8. The Morgan fingerprint density at radius 1 is 0.968 bits per heavy atom. The number of amides is 2. The molecule has 0 aromatic heterocycles. The minimum atomic E-state index is -0.653. The Morgan fingerprint density at radius 3 is 2.23 bits per heavy atom. The topological polar surface area (TPSA) is 49.4 Å². The summed E-state index contributed by atoms with van der Waals surface area (Å²) in [5, 5.41) is 4.61. The van der Waals surface area contributed by atoms with Crippen LogP contribution < -0.4 is 5.32 Å². The first-order valence-corrected chi connectivity index (χ1v) is 11.7. The molecule has 31 heavy (non-hydrogen) atoms. The van der Waals surface area contributed by atoms with E-state index in [4.69, 9.17) is 46.4 Å². The first-order valence-electron chi connectivity index (χ1n) is 10.2. The number of unbranched alkanes of at least 4 members (excludes halogenated alkanes) is 1. The van der Waals surface area contributed by atoms with Crippen LogP contribution in [0, 0.1) is 0 Å². The van der Waals surface area contributed by atoms with Crippen LogP contribution in [-0.2, 0) is 22.6 Å². The summed E-state index contributed by atoms with van der Waals surface area (Å²) in [5.41, 5.74) is 1.31. The van der Waals surface area contributed by atoms with Gasteiger partial charge >= 0.3 is 0 Å². The van der Waals surface area contributed by atoms with Crippen LogP contribution in [0.25, 0.3) is 0 Å². The molecule has 0 fully saturated rings. The Bertz CT molecular complexity index is 900. The minimum Gasteiger partial charge on any atom is -0.354 e. The molecule has 2 aromatic carbocycles. The monoisotopic (exact) mass is 502 g/mol. The van der Waals surface area contributed by atoms with Crippen molar-refractivity contribution in [3.8, 4) is 0 Å². The summed E-state index contributed by atoms with van der Waals surface area (Å²) in [6.07, 6.45) is 2.35. The lowest BCUT2D eigenvalue weighted by atomic mass is 10.1. The van der Waals surface area contributed by atoms with Crippen molar-refractivity contribution in [2.24, 2.45) is 0 Å². The number of nitrogens with zero attached hydrogens (tertiary/aromatic N) is 1. The largest absolute Gasteiger partial charge is 0.354 e. The standard InChI is InChI=1S/C23H26Cl4N2O2/c1-3-5-11-28-23(31)21(4-2)29(14-16-17(24)7-6-8-18(16)25)22(30)13-15-9-10-19(26)20(27)12-15/h6-10,12,21H,3-5,11,13-14H2,1-2H3,(H,28,31)/t21-/m0/s1. The summed E-state index contributed by atoms with van der Waals surface area (Å²) in [6.45, 7) is 4.61. The van der Waals surface area contributed by atoms with Gasteiger partial charge in [-0.2, -0.15) is 0 Å². The molecule has 168 valence electrons. The first kappa shape index (κ1) is 25.8. The Kier molecular flexibility index (Phi) is 10.4. The van der Waals surface area contributed by atoms with E-state index in [1.807, 2.05) is 6.92 Å². The average Bonchev–Trinajstić information content (AvgIpc) is 2.72. The molecule has 1 N–H and O–H groups in total. The molecular formula is C23H26Cl4N2O2. The maximum Gasteiger partial charge on any atom is 0.242 e. The highest BCUT2D eigenvalue weighted by atomic mass is 35.5. The number of hydrogen-bond acceptors (Lipinski definition) is 2. The van der Waals surface area contributed by atoms with Crippen molar-refractivity contribution >= 4 is 58.2 Å². The molecule has 8 heteroatoms. The van der Waals surface area contributed by atoms with Crippen molar-refractivity contribution in [2.75, 3.05) is 6.54 Å². The molecule has 0 aliphatic rings. The van der Waals surface area contributed by atoms with Crippen LogP contribution in [0.4, 0.5) is 0 Å². The zero-order valence-corrected chi connectivity index (χ0v) is 20.6. The highest BCUT2D eigenvalue weighted by molar-refractivity contribution is 6.42. The van der Waals surface area contributed by atoms with Gasteiger partial charge < -0.3 is 10.2 Å². The highest BCUT2D eigenvalue weighted by Crippen LogP contribution is 2.28. The molecule has 0 heterocycles. The Balaban J connectivity index is 2.34. The molecule has 4 nitrogen and oxygen atoms in total. The van der Waals surface area contributed by atoms with Gasteiger partial charge in [-0.1, -0.05) is 78.8 Å². The van der Waals surface area contributed by atoms with Gasteiger partial charge in [-0.3, -0.25) is 9.59 Å². The van der Waals surface area contributed by atoms with Gasteiger partial charge in [0.25, 0.3) is 0 Å². The smallest absolute Gasteiger partial charge is 0.242 e. The molecule has 0 radical (unpaired) electrons. The van der Waals surface area contributed by atoms with Gasteiger partial charge in [0, 0.05) is 28.7 Å². The molecule has 0 saturated carbocycles. The second kappa shape index (κ2) is 12.5. The fourth-order valence-electron chi connectivity index (χ4n) is 3.21. The van der Waals surface area contributed by atoms with Crippen molar-refractivity contribution in [3.05, 3.63) is 67.6 Å². The van der Waals surface area contributed by atoms with Crippen LogP contribution >= 0.6 is 46.4 Å². The molecule has 0 bridgehead atoms. The van der Waals surface area contributed by atoms with E-state index in [9.17, 15) is 9.59 Å². The van der Waals surface area contributed by atoms with Crippen LogP contribution in [0.3, 0.4) is 0 Å². The Labute approximate surface area is 203 Å². The van der Waals surface area contributed by atoms with Gasteiger partial charge in [-0.15, -0.1) is 0 Å². The lowest BCUT2D eigenvalue weighted by Crippen LogP contribution is -2.49. The third-order valence-corrected chi connectivity index (χ3v) is 6.39. The molecule has 2 rings (SSSR count). The molecule has 0 aliphatic heterocycles. The van der Waals surface area contributed by atoms with E-state index in [0.717, 1.165) is 12.8 Å². The lowest BCUT2D eigenvalue weighted by molar-refractivity contribution is -0.140. The van der Waals surface area contributed by atoms with E-state index < -0.39 is 6.04 Å². The molecule has 1 atom stereocenters. The van der Waals surface area contributed by atoms with Crippen LogP contribution in [0.5, 0.6) is 0 Å². The quantitative estimate of drug-likeness (QED) is 0.373. The zero-order chi connectivity index (χ0) is 23.0. The van der Waals surface area contributed by atoms with Gasteiger partial charge in [0.05, 0.1) is 16.5 Å². The molecule has 2 amide bonds. The highest BCUT2D eigenvalue weighted by Gasteiger charge is 2.29. The average molecular weight is 504 g/mol. The molecular weight excluding hydrogens is 478 g/mol. The molecule has 2 aromatic rings. The third kappa shape index (κ3) is 7.28. The number of halogens is 4. The van der Waals surface area contributed by atoms with Gasteiger partial charge in [-0.05, 0) is 42.7 Å². The Hall–Kier alpha value is -1.46. The van der Waals surface area contributed by atoms with Gasteiger partial charge in [0.1, 0.15) is 6.04 Å². The van der Waals surface area contributed by atoms with E-state index in [1.54, 1.807) is 36.4 Å². The van der Waals surface area contributed by atoms with Crippen LogP contribution in [0.1, 0.15) is 44.2 Å². The number of benzene rings is 2. The number of carbonyl (C=O) groups excluding carboxylic acids is 2. The fraction of sp³-hybridized carbons (Fsp3) is 0.391. The van der Waals surface area contributed by atoms with Crippen LogP contribution in [-0.4, -0.2) is 29.3 Å². The summed E-state index contributed by atoms with van der Waals surface area (Å²) in [4.78, 5) is 27.8. The molecule has 0 unspecified atom stereocenters. The van der Waals surface area contributed by atoms with Crippen molar-refractivity contribution < 1.29 is 9.59 Å². The predicted molar refractivity (Wildman–Crippen MR) is 129 cm³/mol. The van der Waals surface area contributed by atoms with Crippen LogP contribution in [0.2, 0.25) is 20.1 Å². The third-order valence-electron chi connectivity index (χ3n) is 4.94.